The van der Waals surface area contributed by atoms with Gasteiger partial charge in [0.2, 0.25) is 5.91 Å². The van der Waals surface area contributed by atoms with Crippen LogP contribution in [0.15, 0.2) is 35.4 Å². The molecule has 6 heteroatoms. The van der Waals surface area contributed by atoms with Crippen molar-refractivity contribution in [3.8, 4) is 0 Å². The molecule has 0 bridgehead atoms. The van der Waals surface area contributed by atoms with Gasteiger partial charge in [-0.2, -0.15) is 0 Å². The smallest absolute Gasteiger partial charge is 0.227 e. The first-order chi connectivity index (χ1) is 10.3. The number of hydrogen-bond acceptors (Lipinski definition) is 4. The Kier molecular flexibility index (Phi) is 4.06. The van der Waals surface area contributed by atoms with Crippen LogP contribution in [0.4, 0.5) is 0 Å². The molecule has 2 aromatic rings. The molecule has 3 rings (SSSR count). The van der Waals surface area contributed by atoms with Gasteiger partial charge in [-0.3, -0.25) is 9.69 Å². The first kappa shape index (κ1) is 13.9. The monoisotopic (exact) mass is 288 g/mol. The van der Waals surface area contributed by atoms with Gasteiger partial charge in [0.1, 0.15) is 5.82 Å². The molecule has 0 aromatic carbocycles. The van der Waals surface area contributed by atoms with E-state index in [2.05, 4.69) is 21.8 Å². The molecule has 1 aliphatic rings. The van der Waals surface area contributed by atoms with Gasteiger partial charge in [-0.1, -0.05) is 6.92 Å². The van der Waals surface area contributed by atoms with Crippen LogP contribution in [0.2, 0.25) is 0 Å². The van der Waals surface area contributed by atoms with Gasteiger partial charge in [-0.05, 0) is 18.2 Å². The number of H-pyrrole nitrogens is 1. The average molecular weight is 288 g/mol. The molecule has 6 nitrogen and oxygen atoms in total. The third-order valence-electron chi connectivity index (χ3n) is 4.02. The standard InChI is InChI=1S/C15H20N4O2/c1-2-18-6-7-19(10-13(18)15-16-4-5-17-15)14(20)9-12-3-8-21-11-12/h3-5,8,11,13H,2,6-7,9-10H2,1H3,(H,16,17)/t13-/m1/s1. The third-order valence-corrected chi connectivity index (χ3v) is 4.02. The largest absolute Gasteiger partial charge is 0.472 e. The number of rotatable bonds is 4. The second-order valence-electron chi connectivity index (χ2n) is 5.27. The molecule has 3 heterocycles. The molecule has 1 N–H and O–H groups in total. The van der Waals surface area contributed by atoms with E-state index < -0.39 is 0 Å². The zero-order valence-corrected chi connectivity index (χ0v) is 12.2. The van der Waals surface area contributed by atoms with Crippen LogP contribution in [0.25, 0.3) is 0 Å². The lowest BCUT2D eigenvalue weighted by Crippen LogP contribution is -2.51. The van der Waals surface area contributed by atoms with Crippen molar-refractivity contribution in [2.45, 2.75) is 19.4 Å². The van der Waals surface area contributed by atoms with E-state index in [9.17, 15) is 4.79 Å². The topological polar surface area (TPSA) is 65.4 Å². The number of amides is 1. The number of aromatic amines is 1. The number of nitrogens with one attached hydrogen (secondary N) is 1. The second kappa shape index (κ2) is 6.13. The summed E-state index contributed by atoms with van der Waals surface area (Å²) in [5, 5.41) is 0. The van der Waals surface area contributed by atoms with Crippen molar-refractivity contribution in [1.29, 1.82) is 0 Å². The summed E-state index contributed by atoms with van der Waals surface area (Å²) in [7, 11) is 0. The maximum atomic E-state index is 12.4. The highest BCUT2D eigenvalue weighted by atomic mass is 16.3. The van der Waals surface area contributed by atoms with Crippen LogP contribution in [0.5, 0.6) is 0 Å². The number of piperazine rings is 1. The number of hydrogen-bond donors (Lipinski definition) is 1. The molecule has 0 radical (unpaired) electrons. The molecule has 0 unspecified atom stereocenters. The number of aromatic nitrogens is 2. The zero-order chi connectivity index (χ0) is 14.7. The van der Waals surface area contributed by atoms with Crippen molar-refractivity contribution in [2.75, 3.05) is 26.2 Å². The average Bonchev–Trinajstić information content (AvgIpc) is 3.19. The van der Waals surface area contributed by atoms with Crippen LogP contribution in [-0.2, 0) is 11.2 Å². The van der Waals surface area contributed by atoms with Crippen LogP contribution in [0, 0.1) is 0 Å². The van der Waals surface area contributed by atoms with Gasteiger partial charge >= 0.3 is 0 Å². The Bertz CT molecular complexity index is 565. The molecule has 1 aliphatic heterocycles. The minimum absolute atomic E-state index is 0.142. The van der Waals surface area contributed by atoms with Crippen molar-refractivity contribution in [2.24, 2.45) is 0 Å². The molecule has 112 valence electrons. The number of imidazole rings is 1. The predicted octanol–water partition coefficient (Wildman–Crippen LogP) is 1.45. The summed E-state index contributed by atoms with van der Waals surface area (Å²) < 4.78 is 5.02. The number of nitrogens with zero attached hydrogens (tertiary/aromatic N) is 3. The molecule has 0 aliphatic carbocycles. The Morgan fingerprint density at radius 2 is 2.43 bits per heavy atom. The highest BCUT2D eigenvalue weighted by molar-refractivity contribution is 5.78. The summed E-state index contributed by atoms with van der Waals surface area (Å²) in [4.78, 5) is 24.2. The van der Waals surface area contributed by atoms with Gasteiger partial charge in [0, 0.05) is 32.0 Å². The van der Waals surface area contributed by atoms with Crippen LogP contribution < -0.4 is 0 Å². The Morgan fingerprint density at radius 3 is 3.10 bits per heavy atom. The van der Waals surface area contributed by atoms with Gasteiger partial charge in [-0.25, -0.2) is 4.98 Å². The van der Waals surface area contributed by atoms with E-state index in [1.165, 1.54) is 0 Å². The van der Waals surface area contributed by atoms with Gasteiger partial charge < -0.3 is 14.3 Å². The van der Waals surface area contributed by atoms with E-state index in [-0.39, 0.29) is 11.9 Å². The lowest BCUT2D eigenvalue weighted by molar-refractivity contribution is -0.133. The van der Waals surface area contributed by atoms with Crippen molar-refractivity contribution in [3.05, 3.63) is 42.4 Å². The maximum Gasteiger partial charge on any atom is 0.227 e. The Hall–Kier alpha value is -2.08. The molecular weight excluding hydrogens is 268 g/mol. The highest BCUT2D eigenvalue weighted by Gasteiger charge is 2.31. The number of furan rings is 1. The Labute approximate surface area is 123 Å². The normalized spacial score (nSPS) is 19.9. The number of carbonyl (C=O) groups is 1. The molecule has 0 spiro atoms. The summed E-state index contributed by atoms with van der Waals surface area (Å²) in [5.41, 5.74) is 0.924. The van der Waals surface area contributed by atoms with E-state index in [0.29, 0.717) is 13.0 Å². The summed E-state index contributed by atoms with van der Waals surface area (Å²) in [6, 6.07) is 1.98. The van der Waals surface area contributed by atoms with Crippen LogP contribution in [0.3, 0.4) is 0 Å². The van der Waals surface area contributed by atoms with Gasteiger partial charge in [-0.15, -0.1) is 0 Å². The predicted molar refractivity (Wildman–Crippen MR) is 77.6 cm³/mol. The molecule has 1 atom stereocenters. The second-order valence-corrected chi connectivity index (χ2v) is 5.27. The van der Waals surface area contributed by atoms with E-state index >= 15 is 0 Å². The van der Waals surface area contributed by atoms with Gasteiger partial charge in [0.05, 0.1) is 25.0 Å². The molecule has 21 heavy (non-hydrogen) atoms. The lowest BCUT2D eigenvalue weighted by atomic mass is 10.1. The summed E-state index contributed by atoms with van der Waals surface area (Å²) in [5.74, 6) is 1.07. The number of carbonyl (C=O) groups excluding carboxylic acids is 1. The Balaban J connectivity index is 1.69. The first-order valence-corrected chi connectivity index (χ1v) is 7.30. The first-order valence-electron chi connectivity index (χ1n) is 7.30. The van der Waals surface area contributed by atoms with Crippen molar-refractivity contribution >= 4 is 5.91 Å². The van der Waals surface area contributed by atoms with E-state index in [4.69, 9.17) is 4.42 Å². The fourth-order valence-corrected chi connectivity index (χ4v) is 2.82. The summed E-state index contributed by atoms with van der Waals surface area (Å²) >= 11 is 0. The van der Waals surface area contributed by atoms with Crippen molar-refractivity contribution in [1.82, 2.24) is 19.8 Å². The summed E-state index contributed by atoms with van der Waals surface area (Å²) in [6.07, 6.45) is 7.21. The van der Waals surface area contributed by atoms with Gasteiger partial charge in [0.25, 0.3) is 0 Å². The molecule has 0 saturated carbocycles. The van der Waals surface area contributed by atoms with E-state index in [1.807, 2.05) is 17.2 Å². The molecule has 2 aromatic heterocycles. The fourth-order valence-electron chi connectivity index (χ4n) is 2.82. The van der Waals surface area contributed by atoms with Crippen molar-refractivity contribution < 1.29 is 9.21 Å². The minimum atomic E-state index is 0.142. The zero-order valence-electron chi connectivity index (χ0n) is 12.2. The molecule has 1 saturated heterocycles. The maximum absolute atomic E-state index is 12.4. The van der Waals surface area contributed by atoms with Crippen LogP contribution in [-0.4, -0.2) is 51.9 Å². The minimum Gasteiger partial charge on any atom is -0.472 e. The Morgan fingerprint density at radius 1 is 1.52 bits per heavy atom. The molecule has 1 fully saturated rings. The summed E-state index contributed by atoms with van der Waals surface area (Å²) in [6.45, 7) is 5.41. The molecule has 1 amide bonds. The van der Waals surface area contributed by atoms with E-state index in [1.54, 1.807) is 18.7 Å². The quantitative estimate of drug-likeness (QED) is 0.925. The third kappa shape index (κ3) is 3.00. The SMILES string of the molecule is CCN1CCN(C(=O)Cc2ccoc2)C[C@@H]1c1ncc[nH]1. The molecular formula is C15H20N4O2. The van der Waals surface area contributed by atoms with Crippen LogP contribution in [0.1, 0.15) is 24.4 Å². The van der Waals surface area contributed by atoms with E-state index in [0.717, 1.165) is 31.0 Å². The van der Waals surface area contributed by atoms with Crippen molar-refractivity contribution in [3.63, 3.8) is 0 Å². The van der Waals surface area contributed by atoms with Gasteiger partial charge in [0.15, 0.2) is 0 Å². The number of likely N-dealkylation sites (N-methyl/N-ethyl adjacent to an activating group) is 1. The fraction of sp³-hybridized carbons (Fsp3) is 0.467. The lowest BCUT2D eigenvalue weighted by Gasteiger charge is -2.40. The highest BCUT2D eigenvalue weighted by Crippen LogP contribution is 2.23. The van der Waals surface area contributed by atoms with Crippen LogP contribution >= 0.6 is 0 Å².